The highest BCUT2D eigenvalue weighted by Gasteiger charge is 2.31. The standard InChI is InChI=1S/C23H44N8O7/c1-3-13(2)18(25)21(36)30-14(8-6-12-28-23(26)27)19(34)29-15(9-10-17(32)33)20(35)31-16(22(37)38)7-4-5-11-24/h13-16,18H,3-12,24-25H2,1-2H3,(H,29,34)(H,30,36)(H,31,35)(H,32,33)(H,37,38)(H4,26,27,28). The minimum absolute atomic E-state index is 0.0890. The first-order chi connectivity index (χ1) is 17.8. The van der Waals surface area contributed by atoms with Crippen LogP contribution in [-0.4, -0.2) is 83.1 Å². The predicted octanol–water partition coefficient (Wildman–Crippen LogP) is -2.05. The molecule has 0 aromatic rings. The summed E-state index contributed by atoms with van der Waals surface area (Å²) in [6.45, 7) is 4.18. The average molecular weight is 545 g/mol. The topological polar surface area (TPSA) is 278 Å². The van der Waals surface area contributed by atoms with Crippen LogP contribution in [-0.2, 0) is 24.0 Å². The van der Waals surface area contributed by atoms with Crippen LogP contribution in [0.15, 0.2) is 4.99 Å². The molecule has 3 amide bonds. The Labute approximate surface area is 222 Å². The summed E-state index contributed by atoms with van der Waals surface area (Å²) < 4.78 is 0. The lowest BCUT2D eigenvalue weighted by molar-refractivity contribution is -0.143. The van der Waals surface area contributed by atoms with E-state index in [1.165, 1.54) is 0 Å². The van der Waals surface area contributed by atoms with Gasteiger partial charge in [0.2, 0.25) is 17.7 Å². The van der Waals surface area contributed by atoms with E-state index in [2.05, 4.69) is 20.9 Å². The first-order valence-electron chi connectivity index (χ1n) is 12.7. The molecule has 0 fully saturated rings. The highest BCUT2D eigenvalue weighted by atomic mass is 16.4. The van der Waals surface area contributed by atoms with Gasteiger partial charge in [-0.05, 0) is 51.0 Å². The molecule has 0 aliphatic heterocycles. The van der Waals surface area contributed by atoms with Gasteiger partial charge in [0.05, 0.1) is 6.04 Å². The molecule has 0 rings (SSSR count). The number of nitrogens with two attached hydrogens (primary N) is 4. The summed E-state index contributed by atoms with van der Waals surface area (Å²) in [6, 6.07) is -4.63. The Hall–Kier alpha value is -3.46. The zero-order chi connectivity index (χ0) is 29.3. The van der Waals surface area contributed by atoms with E-state index in [0.29, 0.717) is 32.2 Å². The number of carbonyl (C=O) groups is 5. The van der Waals surface area contributed by atoms with Crippen LogP contribution in [0.5, 0.6) is 0 Å². The number of carboxylic acids is 2. The smallest absolute Gasteiger partial charge is 0.326 e. The predicted molar refractivity (Wildman–Crippen MR) is 141 cm³/mol. The van der Waals surface area contributed by atoms with E-state index in [4.69, 9.17) is 28.0 Å². The summed E-state index contributed by atoms with van der Waals surface area (Å²) >= 11 is 0. The molecule has 0 saturated heterocycles. The molecule has 0 heterocycles. The Morgan fingerprint density at radius 2 is 1.34 bits per heavy atom. The monoisotopic (exact) mass is 544 g/mol. The molecule has 0 aliphatic rings. The molecule has 218 valence electrons. The number of carbonyl (C=O) groups excluding carboxylic acids is 3. The number of hydrogen-bond donors (Lipinski definition) is 9. The van der Waals surface area contributed by atoms with Gasteiger partial charge in [-0.25, -0.2) is 4.79 Å². The largest absolute Gasteiger partial charge is 0.481 e. The highest BCUT2D eigenvalue weighted by molar-refractivity contribution is 5.94. The summed E-state index contributed by atoms with van der Waals surface area (Å²) in [4.78, 5) is 65.3. The molecule has 15 nitrogen and oxygen atoms in total. The van der Waals surface area contributed by atoms with Gasteiger partial charge in [-0.2, -0.15) is 0 Å². The van der Waals surface area contributed by atoms with Crippen LogP contribution in [0.2, 0.25) is 0 Å². The van der Waals surface area contributed by atoms with Gasteiger partial charge in [-0.3, -0.25) is 24.2 Å². The number of amides is 3. The maximum Gasteiger partial charge on any atom is 0.326 e. The van der Waals surface area contributed by atoms with Crippen molar-refractivity contribution < 1.29 is 34.2 Å². The first-order valence-corrected chi connectivity index (χ1v) is 12.7. The highest BCUT2D eigenvalue weighted by Crippen LogP contribution is 2.09. The molecule has 13 N–H and O–H groups in total. The Morgan fingerprint density at radius 3 is 1.84 bits per heavy atom. The normalized spacial score (nSPS) is 14.7. The molecule has 0 aromatic heterocycles. The maximum atomic E-state index is 13.1. The molecule has 0 bridgehead atoms. The summed E-state index contributed by atoms with van der Waals surface area (Å²) in [5, 5.41) is 25.9. The number of hydrogen-bond acceptors (Lipinski definition) is 8. The molecule has 0 radical (unpaired) electrons. The zero-order valence-electron chi connectivity index (χ0n) is 22.2. The van der Waals surface area contributed by atoms with Gasteiger partial charge in [0.1, 0.15) is 18.1 Å². The second kappa shape index (κ2) is 18.7. The van der Waals surface area contributed by atoms with E-state index >= 15 is 0 Å². The summed E-state index contributed by atoms with van der Waals surface area (Å²) in [5.74, 6) is -4.99. The average Bonchev–Trinajstić information content (AvgIpc) is 2.85. The minimum Gasteiger partial charge on any atom is -0.481 e. The molecular formula is C23H44N8O7. The van der Waals surface area contributed by atoms with Gasteiger partial charge in [0.25, 0.3) is 0 Å². The van der Waals surface area contributed by atoms with Crippen LogP contribution in [0.25, 0.3) is 0 Å². The SMILES string of the molecule is CCC(C)C(N)C(=O)NC(CCCN=C(N)N)C(=O)NC(CCC(=O)O)C(=O)NC(CCCCN)C(=O)O. The van der Waals surface area contributed by atoms with Gasteiger partial charge >= 0.3 is 11.9 Å². The van der Waals surface area contributed by atoms with Crippen LogP contribution in [0.3, 0.4) is 0 Å². The third-order valence-electron chi connectivity index (χ3n) is 5.98. The van der Waals surface area contributed by atoms with Gasteiger partial charge < -0.3 is 49.1 Å². The van der Waals surface area contributed by atoms with Gasteiger partial charge in [0, 0.05) is 13.0 Å². The number of rotatable bonds is 20. The quantitative estimate of drug-likeness (QED) is 0.0456. The second-order valence-corrected chi connectivity index (χ2v) is 9.10. The number of aliphatic carboxylic acids is 2. The van der Waals surface area contributed by atoms with Crippen molar-refractivity contribution in [2.24, 2.45) is 33.8 Å². The van der Waals surface area contributed by atoms with Crippen molar-refractivity contribution in [2.75, 3.05) is 13.1 Å². The van der Waals surface area contributed by atoms with Gasteiger partial charge in [-0.15, -0.1) is 0 Å². The molecule has 0 aromatic carbocycles. The summed E-state index contributed by atoms with van der Waals surface area (Å²) in [7, 11) is 0. The Kier molecular flexibility index (Phi) is 17.0. The summed E-state index contributed by atoms with van der Waals surface area (Å²) in [6.07, 6.45) is 1.35. The van der Waals surface area contributed by atoms with Crippen molar-refractivity contribution in [3.05, 3.63) is 0 Å². The number of unbranched alkanes of at least 4 members (excludes halogenated alkanes) is 1. The van der Waals surface area contributed by atoms with E-state index in [9.17, 15) is 29.1 Å². The molecular weight excluding hydrogens is 500 g/mol. The third kappa shape index (κ3) is 14.3. The molecule has 38 heavy (non-hydrogen) atoms. The Bertz CT molecular complexity index is 820. The van der Waals surface area contributed by atoms with Crippen LogP contribution in [0, 0.1) is 5.92 Å². The molecule has 5 atom stereocenters. The van der Waals surface area contributed by atoms with Crippen molar-refractivity contribution in [1.29, 1.82) is 0 Å². The number of aliphatic imine (C=N–C) groups is 1. The van der Waals surface area contributed by atoms with Gasteiger partial charge in [0.15, 0.2) is 5.96 Å². The van der Waals surface area contributed by atoms with E-state index in [-0.39, 0.29) is 37.7 Å². The maximum absolute atomic E-state index is 13.1. The van der Waals surface area contributed by atoms with E-state index in [1.807, 2.05) is 6.92 Å². The molecule has 0 saturated carbocycles. The third-order valence-corrected chi connectivity index (χ3v) is 5.98. The van der Waals surface area contributed by atoms with Crippen molar-refractivity contribution in [2.45, 2.75) is 89.4 Å². The fraction of sp³-hybridized carbons (Fsp3) is 0.739. The first kappa shape index (κ1) is 34.5. The number of nitrogens with zero attached hydrogens (tertiary/aromatic N) is 1. The fourth-order valence-electron chi connectivity index (χ4n) is 3.38. The summed E-state index contributed by atoms with van der Waals surface area (Å²) in [5.41, 5.74) is 22.1. The zero-order valence-corrected chi connectivity index (χ0v) is 22.2. The number of nitrogens with one attached hydrogen (secondary N) is 3. The molecule has 0 spiro atoms. The lowest BCUT2D eigenvalue weighted by atomic mass is 9.98. The number of guanidine groups is 1. The van der Waals surface area contributed by atoms with Crippen LogP contribution in [0.1, 0.15) is 65.2 Å². The van der Waals surface area contributed by atoms with E-state index in [1.54, 1.807) is 6.92 Å². The Morgan fingerprint density at radius 1 is 0.816 bits per heavy atom. The fourth-order valence-corrected chi connectivity index (χ4v) is 3.38. The van der Waals surface area contributed by atoms with E-state index in [0.717, 1.165) is 0 Å². The second-order valence-electron chi connectivity index (χ2n) is 9.10. The minimum atomic E-state index is -1.37. The number of carboxylic acid groups (broad SMARTS) is 2. The van der Waals surface area contributed by atoms with Crippen molar-refractivity contribution in [1.82, 2.24) is 16.0 Å². The van der Waals surface area contributed by atoms with Crippen molar-refractivity contribution in [3.63, 3.8) is 0 Å². The lowest BCUT2D eigenvalue weighted by Crippen LogP contribution is -2.57. The van der Waals surface area contributed by atoms with Crippen molar-refractivity contribution >= 4 is 35.6 Å². The van der Waals surface area contributed by atoms with Crippen LogP contribution in [0.4, 0.5) is 0 Å². The Balaban J connectivity index is 5.69. The lowest BCUT2D eigenvalue weighted by Gasteiger charge is -2.26. The van der Waals surface area contributed by atoms with E-state index < -0.39 is 60.2 Å². The van der Waals surface area contributed by atoms with Crippen LogP contribution >= 0.6 is 0 Å². The molecule has 5 unspecified atom stereocenters. The molecule has 0 aliphatic carbocycles. The molecule has 15 heteroatoms. The van der Waals surface area contributed by atoms with Crippen LogP contribution < -0.4 is 38.9 Å². The van der Waals surface area contributed by atoms with Gasteiger partial charge in [-0.1, -0.05) is 20.3 Å². The van der Waals surface area contributed by atoms with Crippen molar-refractivity contribution in [3.8, 4) is 0 Å².